The fourth-order valence-electron chi connectivity index (χ4n) is 1.04. The van der Waals surface area contributed by atoms with E-state index < -0.39 is 0 Å². The van der Waals surface area contributed by atoms with E-state index in [0.29, 0.717) is 6.17 Å². The molecule has 60 valence electrons. The van der Waals surface area contributed by atoms with Crippen LogP contribution in [0, 0.1) is 0 Å². The van der Waals surface area contributed by atoms with Crippen LogP contribution < -0.4 is 42.0 Å². The van der Waals surface area contributed by atoms with Gasteiger partial charge in [0.1, 0.15) is 0 Å². The Labute approximate surface area is 97.3 Å². The molecule has 1 aliphatic rings. The van der Waals surface area contributed by atoms with Crippen LogP contribution in [-0.4, -0.2) is 29.6 Å². The minimum Gasteiger partial charge on any atom is -1.00 e. The predicted octanol–water partition coefficient (Wildman–Crippen LogP) is -4.92. The van der Waals surface area contributed by atoms with E-state index in [1.807, 2.05) is 0 Å². The zero-order valence-corrected chi connectivity index (χ0v) is 10.5. The van der Waals surface area contributed by atoms with Gasteiger partial charge in [-0.1, -0.05) is 0 Å². The quantitative estimate of drug-likeness (QED) is 0.377. The third-order valence-electron chi connectivity index (χ3n) is 1.93. The summed E-state index contributed by atoms with van der Waals surface area (Å²) in [5.41, 5.74) is 0. The summed E-state index contributed by atoms with van der Waals surface area (Å²) in [5, 5.41) is 0. The average molecular weight is 185 g/mol. The molecule has 0 saturated heterocycles. The summed E-state index contributed by atoms with van der Waals surface area (Å²) in [4.78, 5) is 4.49. The van der Waals surface area contributed by atoms with Crippen LogP contribution >= 0.6 is 0 Å². The van der Waals surface area contributed by atoms with Gasteiger partial charge in [0.25, 0.3) is 0 Å². The van der Waals surface area contributed by atoms with E-state index in [-0.39, 0.29) is 42.0 Å². The molecular formula is C7H14ClN2Na. The largest absolute Gasteiger partial charge is 1.00 e. The Morgan fingerprint density at radius 2 is 1.91 bits per heavy atom. The Kier molecular flexibility index (Phi) is 7.96. The molecule has 0 aromatic heterocycles. The number of hydrogen-bond donors (Lipinski definition) is 0. The van der Waals surface area contributed by atoms with Crippen molar-refractivity contribution >= 4 is 0 Å². The third kappa shape index (κ3) is 3.24. The summed E-state index contributed by atoms with van der Waals surface area (Å²) in [7, 11) is 2.09. The molecule has 0 radical (unpaired) electrons. The van der Waals surface area contributed by atoms with Crippen molar-refractivity contribution in [2.24, 2.45) is 0 Å². The van der Waals surface area contributed by atoms with Crippen molar-refractivity contribution in [3.63, 3.8) is 0 Å². The van der Waals surface area contributed by atoms with Gasteiger partial charge < -0.3 is 22.2 Å². The van der Waals surface area contributed by atoms with Gasteiger partial charge in [0.05, 0.1) is 6.17 Å². The van der Waals surface area contributed by atoms with Crippen LogP contribution in [0.5, 0.6) is 0 Å². The van der Waals surface area contributed by atoms with Gasteiger partial charge in [0, 0.05) is 26.0 Å². The van der Waals surface area contributed by atoms with Crippen LogP contribution in [-0.2, 0) is 0 Å². The number of nitrogens with zero attached hydrogens (tertiary/aromatic N) is 2. The molecule has 1 heterocycles. The molecule has 1 unspecified atom stereocenters. The van der Waals surface area contributed by atoms with Crippen LogP contribution in [0.15, 0.2) is 12.4 Å². The maximum atomic E-state index is 2.29. The van der Waals surface area contributed by atoms with Crippen molar-refractivity contribution < 1.29 is 42.0 Å². The van der Waals surface area contributed by atoms with E-state index in [1.165, 1.54) is 0 Å². The van der Waals surface area contributed by atoms with Gasteiger partial charge in [-0.15, -0.1) is 0 Å². The monoisotopic (exact) mass is 184 g/mol. The van der Waals surface area contributed by atoms with Crippen molar-refractivity contribution in [2.75, 3.05) is 13.6 Å². The van der Waals surface area contributed by atoms with E-state index in [4.69, 9.17) is 0 Å². The van der Waals surface area contributed by atoms with Crippen LogP contribution in [0.2, 0.25) is 0 Å². The molecule has 0 aliphatic carbocycles. The van der Waals surface area contributed by atoms with Crippen molar-refractivity contribution in [1.29, 1.82) is 0 Å². The van der Waals surface area contributed by atoms with E-state index in [0.717, 1.165) is 6.54 Å². The maximum Gasteiger partial charge on any atom is 1.00 e. The summed E-state index contributed by atoms with van der Waals surface area (Å²) in [5.74, 6) is 0. The second kappa shape index (κ2) is 6.18. The Balaban J connectivity index is 0. The Morgan fingerprint density at radius 1 is 1.36 bits per heavy atom. The fourth-order valence-corrected chi connectivity index (χ4v) is 1.04. The molecule has 11 heavy (non-hydrogen) atoms. The van der Waals surface area contributed by atoms with Crippen molar-refractivity contribution in [1.82, 2.24) is 9.80 Å². The van der Waals surface area contributed by atoms with Crippen LogP contribution in [0.3, 0.4) is 0 Å². The van der Waals surface area contributed by atoms with Crippen LogP contribution in [0.4, 0.5) is 0 Å². The average Bonchev–Trinajstić information content (AvgIpc) is 2.15. The van der Waals surface area contributed by atoms with Gasteiger partial charge in [-0.3, -0.25) is 0 Å². The minimum atomic E-state index is 0. The minimum absolute atomic E-state index is 0. The molecule has 1 atom stereocenters. The Morgan fingerprint density at radius 3 is 2.09 bits per heavy atom. The molecule has 4 heteroatoms. The van der Waals surface area contributed by atoms with Gasteiger partial charge in [0.2, 0.25) is 0 Å². The summed E-state index contributed by atoms with van der Waals surface area (Å²) < 4.78 is 0. The Hall–Kier alpha value is 0.630. The van der Waals surface area contributed by atoms with Crippen molar-refractivity contribution in [2.45, 2.75) is 20.0 Å². The molecule has 0 aromatic carbocycles. The standard InChI is InChI=1S/C7H14N2.ClH.Na/c1-4-9-6-5-8(3)7(9)2;;/h5-7H,4H2,1-3H3;1H;/q;;+1/p-1. The summed E-state index contributed by atoms with van der Waals surface area (Å²) in [6, 6.07) is 0. The number of hydrogen-bond acceptors (Lipinski definition) is 2. The number of halogens is 1. The van der Waals surface area contributed by atoms with Gasteiger partial charge in [-0.2, -0.15) is 0 Å². The van der Waals surface area contributed by atoms with Gasteiger partial charge in [-0.25, -0.2) is 0 Å². The predicted molar refractivity (Wildman–Crippen MR) is 38.7 cm³/mol. The smallest absolute Gasteiger partial charge is 1.00 e. The first-order valence-electron chi connectivity index (χ1n) is 3.41. The normalized spacial score (nSPS) is 21.2. The molecular weight excluding hydrogens is 171 g/mol. The maximum absolute atomic E-state index is 2.29. The first kappa shape index (κ1) is 14.2. The van der Waals surface area contributed by atoms with Gasteiger partial charge >= 0.3 is 29.6 Å². The summed E-state index contributed by atoms with van der Waals surface area (Å²) in [6.45, 7) is 5.46. The second-order valence-corrected chi connectivity index (χ2v) is 2.43. The first-order valence-corrected chi connectivity index (χ1v) is 3.41. The van der Waals surface area contributed by atoms with E-state index in [2.05, 4.69) is 43.1 Å². The van der Waals surface area contributed by atoms with E-state index in [9.17, 15) is 0 Å². The third-order valence-corrected chi connectivity index (χ3v) is 1.93. The molecule has 0 bridgehead atoms. The summed E-state index contributed by atoms with van der Waals surface area (Å²) >= 11 is 0. The Bertz CT molecular complexity index is 130. The molecule has 1 rings (SSSR count). The first-order chi connectivity index (χ1) is 4.25. The van der Waals surface area contributed by atoms with Gasteiger partial charge in [-0.05, 0) is 13.8 Å². The zero-order chi connectivity index (χ0) is 6.85. The fraction of sp³-hybridized carbons (Fsp3) is 0.714. The topological polar surface area (TPSA) is 6.48 Å². The molecule has 0 spiro atoms. The second-order valence-electron chi connectivity index (χ2n) is 2.43. The van der Waals surface area contributed by atoms with Crippen molar-refractivity contribution in [3.8, 4) is 0 Å². The molecule has 2 nitrogen and oxygen atoms in total. The van der Waals surface area contributed by atoms with Gasteiger partial charge in [0.15, 0.2) is 0 Å². The number of rotatable bonds is 1. The molecule has 0 aromatic rings. The van der Waals surface area contributed by atoms with Crippen molar-refractivity contribution in [3.05, 3.63) is 12.4 Å². The molecule has 0 N–H and O–H groups in total. The van der Waals surface area contributed by atoms with E-state index in [1.54, 1.807) is 0 Å². The molecule has 0 amide bonds. The SMILES string of the molecule is CCN1C=CN(C)C1C.[Cl-].[Na+]. The molecule has 0 saturated carbocycles. The van der Waals surface area contributed by atoms with Crippen LogP contribution in [0.25, 0.3) is 0 Å². The molecule has 0 fully saturated rings. The van der Waals surface area contributed by atoms with Crippen LogP contribution in [0.1, 0.15) is 13.8 Å². The van der Waals surface area contributed by atoms with E-state index >= 15 is 0 Å². The summed E-state index contributed by atoms with van der Waals surface area (Å²) in [6.07, 6.45) is 4.79. The zero-order valence-electron chi connectivity index (χ0n) is 7.71. The molecule has 1 aliphatic heterocycles.